The molecule has 6 aromatic rings. The first-order valence-electron chi connectivity index (χ1n) is 23.0. The standard InChI is InChI=1S/C50H50FN9O9/c1-50(2)34-14-8-25(19-27(34)24-69-50)39-40-42-37(58(3)49(67)59(42)30-11-9-29(21-30)55-48(66)68-4)23-54-43(40)57-41(39)26-7-12-32(35(51)20-26)44(62)53-18-6-5-17-52-28-10-13-31-33(22-28)47(65)60(46(31)64)36-15-16-38(61)56-45(36)63/h7-8,10,12-14,19-20,22-23,29-30,36,52H,5-6,9,11,15-18,21,24H2,1-4H3,(H,53,62)(H,54,57)(H,55,66)(H,56,61,63)/t29-,30-,36?/m1/s1. The summed E-state index contributed by atoms with van der Waals surface area (Å²) in [7, 11) is 3.02. The van der Waals surface area contributed by atoms with E-state index in [4.69, 9.17) is 14.5 Å². The highest BCUT2D eigenvalue weighted by atomic mass is 19.1. The molecule has 1 saturated heterocycles. The number of fused-ring (bicyclic) bond motifs is 5. The number of aryl methyl sites for hydroxylation is 1. The Morgan fingerprint density at radius 3 is 2.51 bits per heavy atom. The first-order valence-corrected chi connectivity index (χ1v) is 23.0. The molecule has 69 heavy (non-hydrogen) atoms. The lowest BCUT2D eigenvalue weighted by molar-refractivity contribution is -0.136. The van der Waals surface area contributed by atoms with Crippen molar-refractivity contribution in [2.45, 2.75) is 89.1 Å². The Bertz CT molecular complexity index is 3240. The number of carbonyl (C=O) groups excluding carboxylic acids is 6. The summed E-state index contributed by atoms with van der Waals surface area (Å²) in [5, 5.41) is 11.8. The monoisotopic (exact) mass is 939 g/mol. The Labute approximate surface area is 393 Å². The summed E-state index contributed by atoms with van der Waals surface area (Å²) in [6, 6.07) is 13.8. The number of anilines is 1. The highest BCUT2D eigenvalue weighted by Gasteiger charge is 2.45. The van der Waals surface area contributed by atoms with Gasteiger partial charge in [-0.1, -0.05) is 18.2 Å². The Hall–Kier alpha value is -7.67. The fourth-order valence-corrected chi connectivity index (χ4v) is 10.4. The summed E-state index contributed by atoms with van der Waals surface area (Å²) in [5.74, 6) is -3.61. The number of imide groups is 2. The fourth-order valence-electron chi connectivity index (χ4n) is 10.4. The molecule has 0 radical (unpaired) electrons. The van der Waals surface area contributed by atoms with Gasteiger partial charge in [-0.2, -0.15) is 0 Å². The molecule has 356 valence electrons. The van der Waals surface area contributed by atoms with Crippen molar-refractivity contribution in [2.24, 2.45) is 7.05 Å². The van der Waals surface area contributed by atoms with Gasteiger partial charge in [0.05, 0.1) is 64.3 Å². The Balaban J connectivity index is 0.865. The van der Waals surface area contributed by atoms with Crippen LogP contribution in [0.1, 0.15) is 107 Å². The Kier molecular flexibility index (Phi) is 11.4. The number of unbranched alkanes of at least 4 members (excludes halogenated alkanes) is 1. The van der Waals surface area contributed by atoms with E-state index in [2.05, 4.69) is 32.3 Å². The number of aromatic nitrogens is 4. The summed E-state index contributed by atoms with van der Waals surface area (Å²) in [4.78, 5) is 99.1. The molecule has 3 aromatic heterocycles. The van der Waals surface area contributed by atoms with Crippen molar-refractivity contribution in [1.29, 1.82) is 0 Å². The summed E-state index contributed by atoms with van der Waals surface area (Å²) >= 11 is 0. The number of hydrogen-bond acceptors (Lipinski definition) is 11. The van der Waals surface area contributed by atoms with Crippen molar-refractivity contribution in [1.82, 2.24) is 40.0 Å². The van der Waals surface area contributed by atoms with Gasteiger partial charge in [-0.3, -0.25) is 43.3 Å². The van der Waals surface area contributed by atoms with E-state index in [1.165, 1.54) is 25.3 Å². The summed E-state index contributed by atoms with van der Waals surface area (Å²) in [5.41, 5.74) is 6.43. The topological polar surface area (TPSA) is 228 Å². The number of alkyl carbamates (subject to hydrolysis) is 1. The summed E-state index contributed by atoms with van der Waals surface area (Å²) in [6.45, 7) is 5.15. The molecule has 0 bridgehead atoms. The van der Waals surface area contributed by atoms with Gasteiger partial charge in [0.2, 0.25) is 11.8 Å². The summed E-state index contributed by atoms with van der Waals surface area (Å²) in [6.07, 6.45) is 4.17. The average molecular weight is 940 g/mol. The highest BCUT2D eigenvalue weighted by Crippen LogP contribution is 2.45. The third kappa shape index (κ3) is 7.89. The smallest absolute Gasteiger partial charge is 0.407 e. The number of rotatable bonds is 12. The fraction of sp³-hybridized carbons (Fsp3) is 0.360. The van der Waals surface area contributed by atoms with E-state index in [0.29, 0.717) is 89.8 Å². The van der Waals surface area contributed by atoms with Gasteiger partial charge in [0.1, 0.15) is 17.5 Å². The predicted molar refractivity (Wildman–Crippen MR) is 251 cm³/mol. The van der Waals surface area contributed by atoms with Crippen LogP contribution in [-0.4, -0.2) is 91.9 Å². The van der Waals surface area contributed by atoms with Crippen LogP contribution in [0.4, 0.5) is 14.9 Å². The molecule has 1 saturated carbocycles. The molecule has 3 aromatic carbocycles. The molecule has 5 N–H and O–H groups in total. The molecule has 1 aliphatic carbocycles. The number of nitrogens with one attached hydrogen (secondary N) is 5. The largest absolute Gasteiger partial charge is 0.453 e. The summed E-state index contributed by atoms with van der Waals surface area (Å²) < 4.78 is 30.6. The van der Waals surface area contributed by atoms with E-state index in [0.717, 1.165) is 21.6 Å². The molecule has 19 heteroatoms. The number of methoxy groups -OCH3 is 1. The van der Waals surface area contributed by atoms with Crippen LogP contribution in [0.5, 0.6) is 0 Å². The second-order valence-corrected chi connectivity index (χ2v) is 18.6. The third-order valence-corrected chi connectivity index (χ3v) is 13.9. The molecule has 10 rings (SSSR count). The zero-order chi connectivity index (χ0) is 48.5. The number of carbonyl (C=O) groups is 6. The molecule has 3 atom stereocenters. The average Bonchev–Trinajstić information content (AvgIpc) is 4.13. The second-order valence-electron chi connectivity index (χ2n) is 18.6. The number of piperidine rings is 1. The number of hydrogen-bond donors (Lipinski definition) is 5. The zero-order valence-corrected chi connectivity index (χ0v) is 38.4. The maximum atomic E-state index is 16.2. The van der Waals surface area contributed by atoms with Crippen LogP contribution in [0, 0.1) is 5.82 Å². The SMILES string of the molecule is COC(=O)N[C@@H]1CC[C@@H](n2c(=O)n(C)c3cnc4[nH]c(-c5ccc(C(=O)NCCCCNc6ccc7c(c6)C(=O)N(C6CCC(=O)NC6=O)C7=O)c(F)c5)c(-c5ccc6c(c5)COC6(C)C)c4c32)C1. The van der Waals surface area contributed by atoms with Crippen LogP contribution in [0.2, 0.25) is 0 Å². The van der Waals surface area contributed by atoms with Crippen molar-refractivity contribution in [3.05, 3.63) is 105 Å². The molecule has 1 unspecified atom stereocenters. The molecule has 2 fully saturated rings. The molecule has 3 aliphatic heterocycles. The van der Waals surface area contributed by atoms with Gasteiger partial charge in [0, 0.05) is 55.5 Å². The molecule has 18 nitrogen and oxygen atoms in total. The van der Waals surface area contributed by atoms with Crippen LogP contribution in [0.3, 0.4) is 0 Å². The molecule has 4 aliphatic rings. The van der Waals surface area contributed by atoms with Gasteiger partial charge in [0.25, 0.3) is 17.7 Å². The number of H-pyrrole nitrogens is 1. The first kappa shape index (κ1) is 45.1. The Morgan fingerprint density at radius 2 is 1.72 bits per heavy atom. The molecule has 6 amide bonds. The van der Waals surface area contributed by atoms with Crippen LogP contribution in [0.15, 0.2) is 65.6 Å². The molecule has 0 spiro atoms. The number of amides is 6. The number of aromatic amines is 1. The van der Waals surface area contributed by atoms with Crippen molar-refractivity contribution < 1.29 is 42.6 Å². The van der Waals surface area contributed by atoms with E-state index >= 15 is 4.39 Å². The van der Waals surface area contributed by atoms with Crippen molar-refractivity contribution in [3.8, 4) is 22.4 Å². The minimum Gasteiger partial charge on any atom is -0.453 e. The lowest BCUT2D eigenvalue weighted by Gasteiger charge is -2.27. The van der Waals surface area contributed by atoms with Gasteiger partial charge in [-0.15, -0.1) is 0 Å². The molecule has 6 heterocycles. The lowest BCUT2D eigenvalue weighted by Crippen LogP contribution is -2.54. The second kappa shape index (κ2) is 17.4. The van der Waals surface area contributed by atoms with Gasteiger partial charge in [-0.25, -0.2) is 19.0 Å². The minimum atomic E-state index is -1.05. The third-order valence-electron chi connectivity index (χ3n) is 13.9. The molecular weight excluding hydrogens is 890 g/mol. The molecular formula is C50H50FN9O9. The number of ether oxygens (including phenoxy) is 2. The number of imidazole rings is 1. The number of nitrogens with zero attached hydrogens (tertiary/aromatic N) is 4. The van der Waals surface area contributed by atoms with Gasteiger partial charge in [0.15, 0.2) is 0 Å². The van der Waals surface area contributed by atoms with E-state index < -0.39 is 53.1 Å². The van der Waals surface area contributed by atoms with Gasteiger partial charge < -0.3 is 30.4 Å². The maximum Gasteiger partial charge on any atom is 0.407 e. The van der Waals surface area contributed by atoms with Crippen LogP contribution >= 0.6 is 0 Å². The van der Waals surface area contributed by atoms with Crippen LogP contribution in [0.25, 0.3) is 44.5 Å². The first-order chi connectivity index (χ1) is 33.1. The van der Waals surface area contributed by atoms with Gasteiger partial charge >= 0.3 is 11.8 Å². The minimum absolute atomic E-state index is 0.0314. The van der Waals surface area contributed by atoms with Crippen molar-refractivity contribution >= 4 is 63.4 Å². The van der Waals surface area contributed by atoms with Crippen molar-refractivity contribution in [3.63, 3.8) is 0 Å². The van der Waals surface area contributed by atoms with Crippen LogP contribution in [-0.2, 0) is 38.3 Å². The normalized spacial score (nSPS) is 19.6. The van der Waals surface area contributed by atoms with Crippen molar-refractivity contribution in [2.75, 3.05) is 25.5 Å². The maximum absolute atomic E-state index is 16.2. The Morgan fingerprint density at radius 1 is 0.942 bits per heavy atom. The number of pyridine rings is 1. The van der Waals surface area contributed by atoms with E-state index in [1.807, 2.05) is 26.0 Å². The quantitative estimate of drug-likeness (QED) is 0.0714. The number of halogens is 1. The lowest BCUT2D eigenvalue weighted by atomic mass is 9.91. The van der Waals surface area contributed by atoms with E-state index in [9.17, 15) is 33.6 Å². The zero-order valence-electron chi connectivity index (χ0n) is 38.4. The van der Waals surface area contributed by atoms with Gasteiger partial charge in [-0.05, 0) is 105 Å². The number of benzene rings is 3. The highest BCUT2D eigenvalue weighted by molar-refractivity contribution is 6.24. The van der Waals surface area contributed by atoms with E-state index in [-0.39, 0.29) is 53.9 Å². The predicted octanol–water partition coefficient (Wildman–Crippen LogP) is 5.93. The van der Waals surface area contributed by atoms with Crippen LogP contribution < -0.4 is 27.0 Å². The van der Waals surface area contributed by atoms with E-state index in [1.54, 1.807) is 40.6 Å².